The normalized spacial score (nSPS) is 23.3. The van der Waals surface area contributed by atoms with Crippen LogP contribution < -0.4 is 0 Å². The molecule has 2 aliphatic heterocycles. The predicted octanol–water partition coefficient (Wildman–Crippen LogP) is 2.48. The van der Waals surface area contributed by atoms with Gasteiger partial charge >= 0.3 is 0 Å². The molecule has 1 fully saturated rings. The first kappa shape index (κ1) is 12.4. The molecule has 3 heteroatoms. The van der Waals surface area contributed by atoms with Crippen LogP contribution in [-0.4, -0.2) is 36.6 Å². The van der Waals surface area contributed by atoms with Gasteiger partial charge in [0.15, 0.2) is 0 Å². The number of amides is 1. The third kappa shape index (κ3) is 2.71. The highest BCUT2D eigenvalue weighted by Crippen LogP contribution is 2.23. The van der Waals surface area contributed by atoms with Gasteiger partial charge in [0.2, 0.25) is 0 Å². The van der Waals surface area contributed by atoms with Crippen molar-refractivity contribution < 1.29 is 9.53 Å². The van der Waals surface area contributed by atoms with Crippen LogP contribution in [0, 0.1) is 0 Å². The summed E-state index contributed by atoms with van der Waals surface area (Å²) in [5.74, 6) is 0.167. The number of carbonyl (C=O) groups excluding carboxylic acids is 1. The van der Waals surface area contributed by atoms with Crippen molar-refractivity contribution in [3.8, 4) is 0 Å². The van der Waals surface area contributed by atoms with E-state index in [0.717, 1.165) is 32.4 Å². The molecule has 19 heavy (non-hydrogen) atoms. The SMILES string of the molecule is O=C([C@@H]1CCCO1)N1CC=C(c2ccccc2)CC1. The lowest BCUT2D eigenvalue weighted by atomic mass is 9.99. The van der Waals surface area contributed by atoms with Crippen molar-refractivity contribution in [2.24, 2.45) is 0 Å². The summed E-state index contributed by atoms with van der Waals surface area (Å²) in [6.07, 6.45) is 4.81. The summed E-state index contributed by atoms with van der Waals surface area (Å²) in [6, 6.07) is 10.4. The minimum atomic E-state index is -0.188. The number of nitrogens with zero attached hydrogens (tertiary/aromatic N) is 1. The predicted molar refractivity (Wildman–Crippen MR) is 74.6 cm³/mol. The Morgan fingerprint density at radius 2 is 2.11 bits per heavy atom. The Kier molecular flexibility index (Phi) is 3.65. The van der Waals surface area contributed by atoms with E-state index in [0.29, 0.717) is 6.54 Å². The number of hydrogen-bond acceptors (Lipinski definition) is 2. The average Bonchev–Trinajstić information content (AvgIpc) is 3.02. The molecule has 1 aromatic rings. The standard InChI is InChI=1S/C16H19NO2/c18-16(15-7-4-12-19-15)17-10-8-14(9-11-17)13-5-2-1-3-6-13/h1-3,5-6,8,15H,4,7,9-12H2/t15-/m0/s1. The number of ether oxygens (including phenoxy) is 1. The van der Waals surface area contributed by atoms with Gasteiger partial charge in [0, 0.05) is 19.7 Å². The molecule has 0 N–H and O–H groups in total. The van der Waals surface area contributed by atoms with Crippen LogP contribution in [0.4, 0.5) is 0 Å². The van der Waals surface area contributed by atoms with Gasteiger partial charge in [0.1, 0.15) is 6.10 Å². The van der Waals surface area contributed by atoms with Gasteiger partial charge in [-0.1, -0.05) is 36.4 Å². The molecule has 2 aliphatic rings. The molecular formula is C16H19NO2. The van der Waals surface area contributed by atoms with Crippen LogP contribution in [0.1, 0.15) is 24.8 Å². The molecule has 1 atom stereocenters. The summed E-state index contributed by atoms with van der Waals surface area (Å²) >= 11 is 0. The molecule has 0 aromatic heterocycles. The van der Waals surface area contributed by atoms with Crippen molar-refractivity contribution in [2.45, 2.75) is 25.4 Å². The largest absolute Gasteiger partial charge is 0.368 e. The van der Waals surface area contributed by atoms with Crippen LogP contribution in [0.3, 0.4) is 0 Å². The van der Waals surface area contributed by atoms with Gasteiger partial charge in [0.25, 0.3) is 5.91 Å². The van der Waals surface area contributed by atoms with Crippen LogP contribution in [0.25, 0.3) is 5.57 Å². The Morgan fingerprint density at radius 1 is 1.26 bits per heavy atom. The zero-order chi connectivity index (χ0) is 13.1. The number of hydrogen-bond donors (Lipinski definition) is 0. The monoisotopic (exact) mass is 257 g/mol. The molecule has 1 aromatic carbocycles. The molecule has 0 unspecified atom stereocenters. The molecule has 0 bridgehead atoms. The quantitative estimate of drug-likeness (QED) is 0.814. The maximum atomic E-state index is 12.2. The highest BCUT2D eigenvalue weighted by atomic mass is 16.5. The molecule has 0 saturated carbocycles. The van der Waals surface area contributed by atoms with E-state index in [9.17, 15) is 4.79 Å². The second-order valence-electron chi connectivity index (χ2n) is 5.13. The topological polar surface area (TPSA) is 29.5 Å². The summed E-state index contributed by atoms with van der Waals surface area (Å²) in [5.41, 5.74) is 2.61. The van der Waals surface area contributed by atoms with E-state index in [1.807, 2.05) is 11.0 Å². The molecule has 0 radical (unpaired) electrons. The van der Waals surface area contributed by atoms with E-state index >= 15 is 0 Å². The second-order valence-corrected chi connectivity index (χ2v) is 5.13. The summed E-state index contributed by atoms with van der Waals surface area (Å²) in [7, 11) is 0. The summed E-state index contributed by atoms with van der Waals surface area (Å²) in [5, 5.41) is 0. The Hall–Kier alpha value is -1.61. The molecule has 1 amide bonds. The first-order chi connectivity index (χ1) is 9.34. The summed E-state index contributed by atoms with van der Waals surface area (Å²) in [4.78, 5) is 14.1. The van der Waals surface area contributed by atoms with Gasteiger partial charge in [-0.15, -0.1) is 0 Å². The van der Waals surface area contributed by atoms with Crippen molar-refractivity contribution >= 4 is 11.5 Å². The summed E-state index contributed by atoms with van der Waals surface area (Å²) < 4.78 is 5.47. The van der Waals surface area contributed by atoms with Crippen molar-refractivity contribution in [3.63, 3.8) is 0 Å². The van der Waals surface area contributed by atoms with Gasteiger partial charge in [-0.05, 0) is 30.4 Å². The highest BCUT2D eigenvalue weighted by molar-refractivity contribution is 5.82. The van der Waals surface area contributed by atoms with Crippen LogP contribution in [-0.2, 0) is 9.53 Å². The fraction of sp³-hybridized carbons (Fsp3) is 0.438. The van der Waals surface area contributed by atoms with Crippen LogP contribution in [0.15, 0.2) is 36.4 Å². The fourth-order valence-corrected chi connectivity index (χ4v) is 2.76. The van der Waals surface area contributed by atoms with Crippen molar-refractivity contribution in [1.82, 2.24) is 4.90 Å². The zero-order valence-corrected chi connectivity index (χ0v) is 11.0. The maximum Gasteiger partial charge on any atom is 0.251 e. The van der Waals surface area contributed by atoms with Crippen molar-refractivity contribution in [1.29, 1.82) is 0 Å². The minimum Gasteiger partial charge on any atom is -0.368 e. The molecule has 0 aliphatic carbocycles. The fourth-order valence-electron chi connectivity index (χ4n) is 2.76. The smallest absolute Gasteiger partial charge is 0.251 e. The molecule has 100 valence electrons. The lowest BCUT2D eigenvalue weighted by molar-refractivity contribution is -0.140. The Labute approximate surface area is 113 Å². The van der Waals surface area contributed by atoms with Crippen molar-refractivity contribution in [2.75, 3.05) is 19.7 Å². The summed E-state index contributed by atoms with van der Waals surface area (Å²) in [6.45, 7) is 2.25. The first-order valence-corrected chi connectivity index (χ1v) is 6.99. The van der Waals surface area contributed by atoms with Crippen molar-refractivity contribution in [3.05, 3.63) is 42.0 Å². The van der Waals surface area contributed by atoms with E-state index in [2.05, 4.69) is 30.3 Å². The van der Waals surface area contributed by atoms with Crippen LogP contribution in [0.2, 0.25) is 0 Å². The van der Waals surface area contributed by atoms with Gasteiger partial charge in [-0.3, -0.25) is 4.79 Å². The number of carbonyl (C=O) groups is 1. The molecule has 2 heterocycles. The third-order valence-corrected chi connectivity index (χ3v) is 3.87. The van der Waals surface area contributed by atoms with E-state index in [1.165, 1.54) is 11.1 Å². The molecule has 1 saturated heterocycles. The lowest BCUT2D eigenvalue weighted by Gasteiger charge is -2.28. The average molecular weight is 257 g/mol. The van der Waals surface area contributed by atoms with E-state index < -0.39 is 0 Å². The van der Waals surface area contributed by atoms with E-state index in [-0.39, 0.29) is 12.0 Å². The Morgan fingerprint density at radius 3 is 2.74 bits per heavy atom. The first-order valence-electron chi connectivity index (χ1n) is 6.99. The number of rotatable bonds is 2. The van der Waals surface area contributed by atoms with Gasteiger partial charge in [-0.2, -0.15) is 0 Å². The molecule has 0 spiro atoms. The maximum absolute atomic E-state index is 12.2. The van der Waals surface area contributed by atoms with Gasteiger partial charge in [-0.25, -0.2) is 0 Å². The number of benzene rings is 1. The Balaban J connectivity index is 1.65. The minimum absolute atomic E-state index is 0.167. The van der Waals surface area contributed by atoms with Crippen LogP contribution in [0.5, 0.6) is 0 Å². The highest BCUT2D eigenvalue weighted by Gasteiger charge is 2.28. The van der Waals surface area contributed by atoms with Gasteiger partial charge < -0.3 is 9.64 Å². The Bertz CT molecular complexity index is 475. The lowest BCUT2D eigenvalue weighted by Crippen LogP contribution is -2.41. The zero-order valence-electron chi connectivity index (χ0n) is 11.0. The molecule has 3 rings (SSSR count). The third-order valence-electron chi connectivity index (χ3n) is 3.87. The van der Waals surface area contributed by atoms with E-state index in [1.54, 1.807) is 0 Å². The molecular weight excluding hydrogens is 238 g/mol. The van der Waals surface area contributed by atoms with E-state index in [4.69, 9.17) is 4.74 Å². The molecule has 3 nitrogen and oxygen atoms in total. The second kappa shape index (κ2) is 5.57. The van der Waals surface area contributed by atoms with Crippen LogP contribution >= 0.6 is 0 Å². The van der Waals surface area contributed by atoms with Gasteiger partial charge in [0.05, 0.1) is 0 Å².